The van der Waals surface area contributed by atoms with Crippen LogP contribution in [0.25, 0.3) is 33.3 Å². The van der Waals surface area contributed by atoms with E-state index in [4.69, 9.17) is 14.7 Å². The van der Waals surface area contributed by atoms with Crippen molar-refractivity contribution in [3.05, 3.63) is 121 Å². The maximum atomic E-state index is 13.7. The number of ether oxygens (including phenoxy) is 1. The minimum Gasteiger partial charge on any atom is -0.409 e. The highest BCUT2D eigenvalue weighted by Gasteiger charge is 2.44. The average molecular weight is 515 g/mol. The molecule has 1 amide bonds. The Labute approximate surface area is 231 Å². The molecule has 0 fully saturated rings. The van der Waals surface area contributed by atoms with Crippen LogP contribution in [0.5, 0.6) is 5.75 Å². The van der Waals surface area contributed by atoms with Crippen LogP contribution in [0, 0.1) is 6.92 Å². The molecule has 40 heavy (non-hydrogen) atoms. The van der Waals surface area contributed by atoms with Crippen molar-refractivity contribution < 1.29 is 9.53 Å². The molecule has 5 nitrogen and oxygen atoms in total. The van der Waals surface area contributed by atoms with Crippen LogP contribution in [0.1, 0.15) is 5.56 Å². The molecule has 0 bridgehead atoms. The molecular formula is C34H22BN3O2. The SMILES string of the molecule is Cc1cccc(-c2ccccc2)c1B1c2cnc(-c3ccccc3)nc2N2C(=O)Oc3cccc4ccc1c2c34. The second-order valence-electron chi connectivity index (χ2n) is 10.2. The van der Waals surface area contributed by atoms with E-state index in [2.05, 4.69) is 67.6 Å². The van der Waals surface area contributed by atoms with Gasteiger partial charge in [0.2, 0.25) is 0 Å². The summed E-state index contributed by atoms with van der Waals surface area (Å²) < 4.78 is 5.88. The zero-order valence-corrected chi connectivity index (χ0v) is 21.7. The van der Waals surface area contributed by atoms with E-state index in [1.807, 2.05) is 54.7 Å². The van der Waals surface area contributed by atoms with Crippen LogP contribution in [0.3, 0.4) is 0 Å². The van der Waals surface area contributed by atoms with Crippen LogP contribution in [0.4, 0.5) is 16.3 Å². The molecule has 0 radical (unpaired) electrons. The van der Waals surface area contributed by atoms with Gasteiger partial charge in [-0.15, -0.1) is 0 Å². The van der Waals surface area contributed by atoms with Crippen molar-refractivity contribution >= 4 is 51.5 Å². The van der Waals surface area contributed by atoms with Crippen molar-refractivity contribution in [2.45, 2.75) is 6.92 Å². The minimum atomic E-state index is -0.460. The van der Waals surface area contributed by atoms with Gasteiger partial charge in [-0.05, 0) is 40.4 Å². The number of hydrogen-bond acceptors (Lipinski definition) is 4. The van der Waals surface area contributed by atoms with E-state index in [0.717, 1.165) is 49.6 Å². The van der Waals surface area contributed by atoms with Crippen LogP contribution in [-0.2, 0) is 0 Å². The summed E-state index contributed by atoms with van der Waals surface area (Å²) in [6.07, 6.45) is 1.43. The van der Waals surface area contributed by atoms with Gasteiger partial charge in [-0.1, -0.05) is 114 Å². The van der Waals surface area contributed by atoms with Crippen LogP contribution in [0.2, 0.25) is 0 Å². The molecule has 0 saturated carbocycles. The van der Waals surface area contributed by atoms with Crippen molar-refractivity contribution in [1.29, 1.82) is 0 Å². The molecule has 5 aromatic carbocycles. The number of carbonyl (C=O) groups excluding carboxylic acids is 1. The number of aromatic nitrogens is 2. The third-order valence-corrected chi connectivity index (χ3v) is 7.97. The lowest BCUT2D eigenvalue weighted by Crippen LogP contribution is -2.61. The number of amides is 1. The van der Waals surface area contributed by atoms with Gasteiger partial charge in [-0.2, -0.15) is 0 Å². The molecule has 2 aliphatic heterocycles. The predicted octanol–water partition coefficient (Wildman–Crippen LogP) is 5.75. The summed E-state index contributed by atoms with van der Waals surface area (Å²) in [6.45, 7) is 1.96. The summed E-state index contributed by atoms with van der Waals surface area (Å²) in [5.41, 5.74) is 8.26. The first-order valence-electron chi connectivity index (χ1n) is 13.3. The lowest BCUT2D eigenvalue weighted by Gasteiger charge is -2.38. The highest BCUT2D eigenvalue weighted by Crippen LogP contribution is 2.42. The third-order valence-electron chi connectivity index (χ3n) is 7.97. The van der Waals surface area contributed by atoms with E-state index in [0.29, 0.717) is 17.4 Å². The van der Waals surface area contributed by atoms with Gasteiger partial charge < -0.3 is 4.74 Å². The third kappa shape index (κ3) is 3.26. The quantitative estimate of drug-likeness (QED) is 0.282. The summed E-state index contributed by atoms with van der Waals surface area (Å²) in [6, 6.07) is 36.8. The maximum Gasteiger partial charge on any atom is 0.425 e. The Morgan fingerprint density at radius 1 is 0.750 bits per heavy atom. The molecular weight excluding hydrogens is 493 g/mol. The molecule has 6 heteroatoms. The topological polar surface area (TPSA) is 55.3 Å². The molecule has 1 aromatic heterocycles. The zero-order valence-electron chi connectivity index (χ0n) is 21.7. The van der Waals surface area contributed by atoms with Gasteiger partial charge in [-0.3, -0.25) is 0 Å². The Morgan fingerprint density at radius 3 is 2.30 bits per heavy atom. The smallest absolute Gasteiger partial charge is 0.409 e. The Bertz CT molecular complexity index is 1980. The Hall–Kier alpha value is -5.23. The van der Waals surface area contributed by atoms with Gasteiger partial charge in [0.25, 0.3) is 6.71 Å². The lowest BCUT2D eigenvalue weighted by molar-refractivity contribution is 0.210. The van der Waals surface area contributed by atoms with Gasteiger partial charge in [0, 0.05) is 17.1 Å². The normalized spacial score (nSPS) is 13.3. The zero-order chi connectivity index (χ0) is 26.8. The first-order valence-corrected chi connectivity index (χ1v) is 13.3. The summed E-state index contributed by atoms with van der Waals surface area (Å²) in [5.74, 6) is 1.69. The lowest BCUT2D eigenvalue weighted by atomic mass is 9.34. The van der Waals surface area contributed by atoms with E-state index in [-0.39, 0.29) is 6.71 Å². The first kappa shape index (κ1) is 22.7. The van der Waals surface area contributed by atoms with E-state index >= 15 is 0 Å². The van der Waals surface area contributed by atoms with Gasteiger partial charge in [0.15, 0.2) is 5.82 Å². The number of carbonyl (C=O) groups is 1. The van der Waals surface area contributed by atoms with E-state index in [9.17, 15) is 4.79 Å². The predicted molar refractivity (Wildman–Crippen MR) is 161 cm³/mol. The molecule has 8 rings (SSSR count). The second-order valence-corrected chi connectivity index (χ2v) is 10.2. The summed E-state index contributed by atoms with van der Waals surface area (Å²) >= 11 is 0. The number of benzene rings is 5. The number of anilines is 2. The molecule has 0 N–H and O–H groups in total. The number of aryl methyl sites for hydroxylation is 1. The number of hydrogen-bond donors (Lipinski definition) is 0. The second kappa shape index (κ2) is 8.65. The Kier molecular flexibility index (Phi) is 4.91. The maximum absolute atomic E-state index is 13.7. The molecule has 6 aromatic rings. The Morgan fingerprint density at radius 2 is 1.50 bits per heavy atom. The fraction of sp³-hybridized carbons (Fsp3) is 0.0294. The molecule has 0 aliphatic carbocycles. The van der Waals surface area contributed by atoms with Crippen molar-refractivity contribution in [2.24, 2.45) is 0 Å². The van der Waals surface area contributed by atoms with Crippen molar-refractivity contribution in [1.82, 2.24) is 9.97 Å². The summed E-state index contributed by atoms with van der Waals surface area (Å²) in [7, 11) is 0. The molecule has 3 heterocycles. The van der Waals surface area contributed by atoms with Crippen LogP contribution in [-0.4, -0.2) is 22.8 Å². The fourth-order valence-electron chi connectivity index (χ4n) is 6.23. The van der Waals surface area contributed by atoms with E-state index in [1.165, 1.54) is 5.46 Å². The number of rotatable bonds is 3. The van der Waals surface area contributed by atoms with Crippen LogP contribution in [0.15, 0.2) is 115 Å². The van der Waals surface area contributed by atoms with E-state index in [1.54, 1.807) is 4.90 Å². The molecule has 0 saturated heterocycles. The van der Waals surface area contributed by atoms with Crippen LogP contribution >= 0.6 is 0 Å². The number of fused-ring (bicyclic) bond motifs is 2. The monoisotopic (exact) mass is 515 g/mol. The molecule has 2 aliphatic rings. The van der Waals surface area contributed by atoms with Gasteiger partial charge >= 0.3 is 6.09 Å². The molecule has 0 spiro atoms. The average Bonchev–Trinajstić information content (AvgIpc) is 3.00. The van der Waals surface area contributed by atoms with Gasteiger partial charge in [0.1, 0.15) is 11.6 Å². The molecule has 0 unspecified atom stereocenters. The highest BCUT2D eigenvalue weighted by atomic mass is 16.6. The summed E-state index contributed by atoms with van der Waals surface area (Å²) in [4.78, 5) is 25.2. The van der Waals surface area contributed by atoms with Crippen molar-refractivity contribution in [3.63, 3.8) is 0 Å². The van der Waals surface area contributed by atoms with Crippen molar-refractivity contribution in [3.8, 4) is 28.3 Å². The summed E-state index contributed by atoms with van der Waals surface area (Å²) in [5, 5.41) is 1.94. The standard InChI is InChI=1S/C34H22BN3O2/c1-21-10-8-16-25(22-11-4-2-5-12-22)30(21)35-26-19-18-23-15-9-17-28-29(23)31(26)38(34(39)40-28)33-27(35)20-36-32(37-33)24-13-6-3-7-14-24/h2-20H,1H3. The fourth-order valence-corrected chi connectivity index (χ4v) is 6.23. The van der Waals surface area contributed by atoms with Crippen LogP contribution < -0.4 is 26.0 Å². The molecule has 0 atom stereocenters. The molecule has 188 valence electrons. The van der Waals surface area contributed by atoms with E-state index < -0.39 is 6.09 Å². The van der Waals surface area contributed by atoms with Crippen molar-refractivity contribution in [2.75, 3.05) is 4.90 Å². The first-order chi connectivity index (χ1) is 19.7. The van der Waals surface area contributed by atoms with Gasteiger partial charge in [-0.25, -0.2) is 19.7 Å². The Balaban J connectivity index is 1.48. The largest absolute Gasteiger partial charge is 0.425 e. The number of nitrogens with zero attached hydrogens (tertiary/aromatic N) is 3. The minimum absolute atomic E-state index is 0.189. The highest BCUT2D eigenvalue weighted by molar-refractivity contribution is 6.99. The van der Waals surface area contributed by atoms with Gasteiger partial charge in [0.05, 0.1) is 5.69 Å².